The number of rotatable bonds is 8. The Morgan fingerprint density at radius 3 is 2.31 bits per heavy atom. The highest BCUT2D eigenvalue weighted by Crippen LogP contribution is 2.38. The van der Waals surface area contributed by atoms with E-state index in [0.717, 1.165) is 17.5 Å². The number of hydrogen-bond acceptors (Lipinski definition) is 6. The van der Waals surface area contributed by atoms with Crippen molar-refractivity contribution in [1.82, 2.24) is 20.0 Å². The number of nitrogens with zero attached hydrogens (tertiary/aromatic N) is 3. The maximum atomic E-state index is 13.2. The maximum Gasteiger partial charge on any atom is 0.272 e. The molecule has 0 saturated heterocycles. The van der Waals surface area contributed by atoms with Crippen molar-refractivity contribution in [3.63, 3.8) is 0 Å². The average Bonchev–Trinajstić information content (AvgIpc) is 3.25. The number of fused-ring (bicyclic) bond motifs is 1. The van der Waals surface area contributed by atoms with Crippen molar-refractivity contribution >= 4 is 23.4 Å². The predicted molar refractivity (Wildman–Crippen MR) is 130 cm³/mol. The largest absolute Gasteiger partial charge is 0.493 e. The fourth-order valence-corrected chi connectivity index (χ4v) is 4.14. The van der Waals surface area contributed by atoms with Gasteiger partial charge in [-0.1, -0.05) is 23.7 Å². The van der Waals surface area contributed by atoms with Gasteiger partial charge in [0.1, 0.15) is 5.69 Å². The van der Waals surface area contributed by atoms with Crippen LogP contribution in [-0.4, -0.2) is 54.4 Å². The number of methoxy groups -OCH3 is 3. The molecule has 0 bridgehead atoms. The first kappa shape index (κ1) is 24.4. The summed E-state index contributed by atoms with van der Waals surface area (Å²) in [7, 11) is 4.60. The molecule has 1 aliphatic heterocycles. The minimum atomic E-state index is -0.378. The zero-order valence-electron chi connectivity index (χ0n) is 19.8. The van der Waals surface area contributed by atoms with E-state index in [-0.39, 0.29) is 24.1 Å². The van der Waals surface area contributed by atoms with Gasteiger partial charge in [0.25, 0.3) is 11.8 Å². The van der Waals surface area contributed by atoms with Gasteiger partial charge in [-0.15, -0.1) is 0 Å². The van der Waals surface area contributed by atoms with Crippen molar-refractivity contribution in [3.05, 3.63) is 70.0 Å². The van der Waals surface area contributed by atoms with Crippen LogP contribution >= 0.6 is 11.6 Å². The van der Waals surface area contributed by atoms with Gasteiger partial charge in [0.15, 0.2) is 17.2 Å². The second-order valence-electron chi connectivity index (χ2n) is 8.06. The molecule has 3 aromatic rings. The molecule has 2 heterocycles. The minimum Gasteiger partial charge on any atom is -0.493 e. The van der Waals surface area contributed by atoms with Gasteiger partial charge < -0.3 is 24.4 Å². The van der Waals surface area contributed by atoms with E-state index in [2.05, 4.69) is 10.4 Å². The van der Waals surface area contributed by atoms with Crippen LogP contribution < -0.4 is 19.5 Å². The molecule has 1 aliphatic rings. The summed E-state index contributed by atoms with van der Waals surface area (Å²) < 4.78 is 17.7. The quantitative estimate of drug-likeness (QED) is 0.510. The molecule has 0 fully saturated rings. The minimum absolute atomic E-state index is 0.159. The van der Waals surface area contributed by atoms with E-state index in [1.165, 1.54) is 21.3 Å². The summed E-state index contributed by atoms with van der Waals surface area (Å²) in [5, 5.41) is 7.89. The van der Waals surface area contributed by atoms with Crippen LogP contribution in [-0.2, 0) is 19.6 Å². The first-order valence-corrected chi connectivity index (χ1v) is 11.5. The molecule has 2 amide bonds. The number of nitrogens with one attached hydrogen (secondary N) is 1. The highest BCUT2D eigenvalue weighted by molar-refractivity contribution is 6.30. The van der Waals surface area contributed by atoms with E-state index in [0.29, 0.717) is 47.6 Å². The number of ether oxygens (including phenoxy) is 3. The summed E-state index contributed by atoms with van der Waals surface area (Å²) in [5.74, 6) is 0.932. The Labute approximate surface area is 208 Å². The number of hydrogen-bond donors (Lipinski definition) is 1. The molecule has 4 rings (SSSR count). The number of halogens is 1. The maximum absolute atomic E-state index is 13.2. The molecular formula is C25H27ClN4O5. The van der Waals surface area contributed by atoms with E-state index in [4.69, 9.17) is 25.8 Å². The Hall–Kier alpha value is -3.72. The zero-order chi connectivity index (χ0) is 24.9. The number of benzene rings is 2. The van der Waals surface area contributed by atoms with E-state index in [1.54, 1.807) is 39.9 Å². The SMILES string of the molecule is COc1cc(CNC(=O)c2cc3n(n2)CCCN(Cc2ccc(Cl)cc2)C3=O)cc(OC)c1OC. The van der Waals surface area contributed by atoms with Crippen LogP contribution in [0.2, 0.25) is 5.02 Å². The number of aromatic nitrogens is 2. The van der Waals surface area contributed by atoms with Crippen LogP contribution in [0, 0.1) is 0 Å². The van der Waals surface area contributed by atoms with Gasteiger partial charge in [-0.05, 0) is 41.8 Å². The number of aryl methyl sites for hydroxylation is 1. The van der Waals surface area contributed by atoms with E-state index in [9.17, 15) is 9.59 Å². The van der Waals surface area contributed by atoms with Crippen LogP contribution in [0.25, 0.3) is 0 Å². The van der Waals surface area contributed by atoms with Crippen molar-refractivity contribution < 1.29 is 23.8 Å². The number of carbonyl (C=O) groups is 2. The highest BCUT2D eigenvalue weighted by atomic mass is 35.5. The molecule has 0 radical (unpaired) electrons. The molecule has 1 aromatic heterocycles. The Bertz CT molecular complexity index is 1200. The van der Waals surface area contributed by atoms with Crippen molar-refractivity contribution in [3.8, 4) is 17.2 Å². The van der Waals surface area contributed by atoms with Crippen molar-refractivity contribution in [2.45, 2.75) is 26.1 Å². The van der Waals surface area contributed by atoms with Gasteiger partial charge in [0.05, 0.1) is 21.3 Å². The third-order valence-corrected chi connectivity index (χ3v) is 6.03. The summed E-state index contributed by atoms with van der Waals surface area (Å²) in [6, 6.07) is 12.5. The lowest BCUT2D eigenvalue weighted by atomic mass is 10.1. The van der Waals surface area contributed by atoms with Gasteiger partial charge in [-0.3, -0.25) is 14.3 Å². The summed E-state index contributed by atoms with van der Waals surface area (Å²) in [5.41, 5.74) is 2.33. The third-order valence-electron chi connectivity index (χ3n) is 5.78. The van der Waals surface area contributed by atoms with Gasteiger partial charge in [0, 0.05) is 37.3 Å². The molecular weight excluding hydrogens is 472 g/mol. The molecule has 1 N–H and O–H groups in total. The number of carbonyl (C=O) groups excluding carboxylic acids is 2. The van der Waals surface area contributed by atoms with Crippen LogP contribution in [0.5, 0.6) is 17.2 Å². The molecule has 0 saturated carbocycles. The molecule has 9 nitrogen and oxygen atoms in total. The monoisotopic (exact) mass is 498 g/mol. The van der Waals surface area contributed by atoms with Crippen LogP contribution in [0.4, 0.5) is 0 Å². The zero-order valence-corrected chi connectivity index (χ0v) is 20.6. The number of amides is 2. The molecule has 10 heteroatoms. The summed E-state index contributed by atoms with van der Waals surface area (Å²) in [4.78, 5) is 27.8. The van der Waals surface area contributed by atoms with Gasteiger partial charge in [0.2, 0.25) is 5.75 Å². The Kier molecular flexibility index (Phi) is 7.45. The highest BCUT2D eigenvalue weighted by Gasteiger charge is 2.26. The fraction of sp³-hybridized carbons (Fsp3) is 0.320. The molecule has 184 valence electrons. The molecule has 2 aromatic carbocycles. The summed E-state index contributed by atoms with van der Waals surface area (Å²) in [6.07, 6.45) is 0.737. The van der Waals surface area contributed by atoms with Crippen molar-refractivity contribution in [2.75, 3.05) is 27.9 Å². The lowest BCUT2D eigenvalue weighted by molar-refractivity contribution is 0.0745. The Morgan fingerprint density at radius 2 is 1.69 bits per heavy atom. The van der Waals surface area contributed by atoms with E-state index < -0.39 is 0 Å². The standard InChI is InChI=1S/C25H27ClN4O5/c1-33-21-11-17(12-22(34-2)23(21)35-3)14-27-24(31)19-13-20-25(32)29(9-4-10-30(20)28-19)15-16-5-7-18(26)8-6-16/h5-8,11-13H,4,9-10,14-15H2,1-3H3,(H,27,31). The average molecular weight is 499 g/mol. The van der Waals surface area contributed by atoms with Gasteiger partial charge in [-0.25, -0.2) is 0 Å². The first-order chi connectivity index (χ1) is 16.9. The topological polar surface area (TPSA) is 94.9 Å². The second kappa shape index (κ2) is 10.7. The molecule has 35 heavy (non-hydrogen) atoms. The summed E-state index contributed by atoms with van der Waals surface area (Å²) in [6.45, 7) is 1.84. The molecule has 0 aliphatic carbocycles. The van der Waals surface area contributed by atoms with E-state index >= 15 is 0 Å². The fourth-order valence-electron chi connectivity index (χ4n) is 4.02. The van der Waals surface area contributed by atoms with Crippen LogP contribution in [0.1, 0.15) is 38.5 Å². The predicted octanol–water partition coefficient (Wildman–Crippen LogP) is 3.54. The lowest BCUT2D eigenvalue weighted by Gasteiger charge is -2.20. The first-order valence-electron chi connectivity index (χ1n) is 11.1. The van der Waals surface area contributed by atoms with Crippen LogP contribution in [0.15, 0.2) is 42.5 Å². The van der Waals surface area contributed by atoms with Crippen LogP contribution in [0.3, 0.4) is 0 Å². The molecule has 0 spiro atoms. The van der Waals surface area contributed by atoms with Crippen molar-refractivity contribution in [1.29, 1.82) is 0 Å². The molecule has 0 unspecified atom stereocenters. The smallest absolute Gasteiger partial charge is 0.272 e. The molecule has 0 atom stereocenters. The Morgan fingerprint density at radius 1 is 1.00 bits per heavy atom. The van der Waals surface area contributed by atoms with Gasteiger partial charge in [-0.2, -0.15) is 5.10 Å². The normalized spacial score (nSPS) is 13.1. The Balaban J connectivity index is 1.47. The summed E-state index contributed by atoms with van der Waals surface area (Å²) >= 11 is 5.97. The van der Waals surface area contributed by atoms with Crippen molar-refractivity contribution in [2.24, 2.45) is 0 Å². The third kappa shape index (κ3) is 5.35. The van der Waals surface area contributed by atoms with E-state index in [1.807, 2.05) is 12.1 Å². The lowest BCUT2D eigenvalue weighted by Crippen LogP contribution is -2.30. The second-order valence-corrected chi connectivity index (χ2v) is 8.50. The van der Waals surface area contributed by atoms with Gasteiger partial charge >= 0.3 is 0 Å².